The predicted molar refractivity (Wildman–Crippen MR) is 122 cm³/mol. The molecule has 34 heavy (non-hydrogen) atoms. The van der Waals surface area contributed by atoms with Crippen LogP contribution in [0.25, 0.3) is 5.76 Å². The SMILES string of the molecule is Cc1cc(/C(O)=C2/C(=O)C(=O)N(c3ccc(C(F)(F)F)cc3)C2c2ccc(F)cc2)ccc1Br. The summed E-state index contributed by atoms with van der Waals surface area (Å²) in [5.74, 6) is -3.03. The van der Waals surface area contributed by atoms with Crippen molar-refractivity contribution >= 4 is 39.1 Å². The molecule has 0 aliphatic carbocycles. The highest BCUT2D eigenvalue weighted by Gasteiger charge is 2.47. The lowest BCUT2D eigenvalue weighted by Gasteiger charge is -2.25. The number of hydrogen-bond acceptors (Lipinski definition) is 3. The number of benzene rings is 3. The van der Waals surface area contributed by atoms with Gasteiger partial charge in [-0.3, -0.25) is 14.5 Å². The van der Waals surface area contributed by atoms with E-state index in [4.69, 9.17) is 0 Å². The molecular formula is C25H16BrF4NO3. The Hall–Kier alpha value is -3.46. The normalized spacial score (nSPS) is 17.9. The predicted octanol–water partition coefficient (Wildman–Crippen LogP) is 6.54. The third kappa shape index (κ3) is 4.23. The number of aliphatic hydroxyl groups excluding tert-OH is 1. The van der Waals surface area contributed by atoms with Crippen molar-refractivity contribution in [3.05, 3.63) is 105 Å². The minimum Gasteiger partial charge on any atom is -0.507 e. The fraction of sp³-hybridized carbons (Fsp3) is 0.120. The molecule has 0 spiro atoms. The summed E-state index contributed by atoms with van der Waals surface area (Å²) >= 11 is 3.36. The van der Waals surface area contributed by atoms with Gasteiger partial charge in [-0.05, 0) is 66.6 Å². The first kappa shape index (κ1) is 23.7. The summed E-state index contributed by atoms with van der Waals surface area (Å²) in [5, 5.41) is 11.1. The Balaban J connectivity index is 1.91. The summed E-state index contributed by atoms with van der Waals surface area (Å²) in [5.41, 5.74) is 0.193. The Morgan fingerprint density at radius 1 is 0.971 bits per heavy atom. The van der Waals surface area contributed by atoms with Gasteiger partial charge in [0.2, 0.25) is 0 Å². The topological polar surface area (TPSA) is 57.6 Å². The van der Waals surface area contributed by atoms with Crippen molar-refractivity contribution in [3.63, 3.8) is 0 Å². The molecule has 9 heteroatoms. The fourth-order valence-electron chi connectivity index (χ4n) is 3.82. The quantitative estimate of drug-likeness (QED) is 0.180. The van der Waals surface area contributed by atoms with Crippen LogP contribution in [0.3, 0.4) is 0 Å². The highest BCUT2D eigenvalue weighted by molar-refractivity contribution is 9.10. The van der Waals surface area contributed by atoms with Gasteiger partial charge in [-0.1, -0.05) is 34.1 Å². The third-order valence-corrected chi connectivity index (χ3v) is 6.42. The monoisotopic (exact) mass is 533 g/mol. The lowest BCUT2D eigenvalue weighted by atomic mass is 9.94. The van der Waals surface area contributed by atoms with Crippen LogP contribution in [-0.4, -0.2) is 16.8 Å². The molecule has 1 amide bonds. The van der Waals surface area contributed by atoms with E-state index in [0.29, 0.717) is 5.56 Å². The smallest absolute Gasteiger partial charge is 0.416 e. The van der Waals surface area contributed by atoms with Crippen LogP contribution < -0.4 is 4.90 Å². The molecule has 1 heterocycles. The third-order valence-electron chi connectivity index (χ3n) is 5.53. The summed E-state index contributed by atoms with van der Waals surface area (Å²) in [6.45, 7) is 1.78. The number of carbonyl (C=O) groups is 2. The minimum absolute atomic E-state index is 0.0236. The number of rotatable bonds is 3. The van der Waals surface area contributed by atoms with Crippen LogP contribution in [0.2, 0.25) is 0 Å². The van der Waals surface area contributed by atoms with Crippen molar-refractivity contribution in [2.24, 2.45) is 0 Å². The van der Waals surface area contributed by atoms with Gasteiger partial charge in [0.25, 0.3) is 11.7 Å². The number of anilines is 1. The Labute approximate surface area is 200 Å². The van der Waals surface area contributed by atoms with E-state index < -0.39 is 41.0 Å². The maximum atomic E-state index is 13.6. The lowest BCUT2D eigenvalue weighted by Crippen LogP contribution is -2.29. The number of ketones is 1. The van der Waals surface area contributed by atoms with E-state index in [1.54, 1.807) is 25.1 Å². The molecule has 0 bridgehead atoms. The van der Waals surface area contributed by atoms with Gasteiger partial charge in [0.15, 0.2) is 0 Å². The molecule has 1 aliphatic heterocycles. The molecular weight excluding hydrogens is 518 g/mol. The summed E-state index contributed by atoms with van der Waals surface area (Å²) in [6.07, 6.45) is -4.58. The summed E-state index contributed by atoms with van der Waals surface area (Å²) in [6, 6.07) is 12.4. The average Bonchev–Trinajstić information content (AvgIpc) is 3.06. The van der Waals surface area contributed by atoms with E-state index in [9.17, 15) is 32.3 Å². The van der Waals surface area contributed by atoms with E-state index in [-0.39, 0.29) is 16.8 Å². The van der Waals surface area contributed by atoms with Crippen molar-refractivity contribution in [3.8, 4) is 0 Å². The molecule has 174 valence electrons. The molecule has 3 aromatic rings. The van der Waals surface area contributed by atoms with Crippen LogP contribution in [0, 0.1) is 12.7 Å². The first-order chi connectivity index (χ1) is 16.0. The Morgan fingerprint density at radius 2 is 1.59 bits per heavy atom. The first-order valence-electron chi connectivity index (χ1n) is 9.99. The van der Waals surface area contributed by atoms with Gasteiger partial charge in [-0.2, -0.15) is 13.2 Å². The van der Waals surface area contributed by atoms with Crippen molar-refractivity contribution < 1.29 is 32.3 Å². The Bertz CT molecular complexity index is 1320. The lowest BCUT2D eigenvalue weighted by molar-refractivity contribution is -0.137. The van der Waals surface area contributed by atoms with Gasteiger partial charge in [0.05, 0.1) is 17.2 Å². The average molecular weight is 534 g/mol. The second kappa shape index (κ2) is 8.72. The van der Waals surface area contributed by atoms with Crippen LogP contribution in [0.1, 0.15) is 28.3 Å². The molecule has 1 fully saturated rings. The van der Waals surface area contributed by atoms with Gasteiger partial charge in [-0.25, -0.2) is 4.39 Å². The van der Waals surface area contributed by atoms with E-state index in [2.05, 4.69) is 15.9 Å². The molecule has 4 rings (SSSR count). The standard InChI is InChI=1S/C25H16BrF4NO3/c1-13-12-15(4-11-19(13)26)22(32)20-21(14-2-7-17(27)8-3-14)31(24(34)23(20)33)18-9-5-16(6-10-18)25(28,29)30/h2-12,21,32H,1H3/b22-20-. The van der Waals surface area contributed by atoms with Crippen molar-refractivity contribution in [1.29, 1.82) is 0 Å². The highest BCUT2D eigenvalue weighted by atomic mass is 79.9. The van der Waals surface area contributed by atoms with E-state index in [1.165, 1.54) is 12.1 Å². The zero-order chi connectivity index (χ0) is 24.8. The van der Waals surface area contributed by atoms with Crippen molar-refractivity contribution in [1.82, 2.24) is 0 Å². The molecule has 4 nitrogen and oxygen atoms in total. The van der Waals surface area contributed by atoms with Crippen LogP contribution in [-0.2, 0) is 15.8 Å². The molecule has 1 aliphatic rings. The number of Topliss-reactive ketones (excluding diaryl/α,β-unsaturated/α-hetero) is 1. The van der Waals surface area contributed by atoms with Gasteiger partial charge in [-0.15, -0.1) is 0 Å². The Kier molecular flexibility index (Phi) is 6.07. The van der Waals surface area contributed by atoms with E-state index in [0.717, 1.165) is 51.3 Å². The summed E-state index contributed by atoms with van der Waals surface area (Å²) in [4.78, 5) is 27.1. The molecule has 1 unspecified atom stereocenters. The molecule has 0 saturated carbocycles. The number of carbonyl (C=O) groups excluding carboxylic acids is 2. The maximum Gasteiger partial charge on any atom is 0.416 e. The molecule has 0 radical (unpaired) electrons. The number of halogens is 5. The zero-order valence-corrected chi connectivity index (χ0v) is 19.1. The molecule has 1 atom stereocenters. The number of amides is 1. The minimum atomic E-state index is -4.58. The van der Waals surface area contributed by atoms with Gasteiger partial charge in [0.1, 0.15) is 11.6 Å². The highest BCUT2D eigenvalue weighted by Crippen LogP contribution is 2.43. The second-order valence-electron chi connectivity index (χ2n) is 7.73. The number of alkyl halides is 3. The largest absolute Gasteiger partial charge is 0.507 e. The number of nitrogens with zero attached hydrogens (tertiary/aromatic N) is 1. The van der Waals surface area contributed by atoms with Crippen LogP contribution in [0.4, 0.5) is 23.2 Å². The van der Waals surface area contributed by atoms with Crippen molar-refractivity contribution in [2.45, 2.75) is 19.1 Å². The summed E-state index contributed by atoms with van der Waals surface area (Å²) in [7, 11) is 0. The Morgan fingerprint density at radius 3 is 2.15 bits per heavy atom. The second-order valence-corrected chi connectivity index (χ2v) is 8.58. The van der Waals surface area contributed by atoms with E-state index in [1.807, 2.05) is 0 Å². The van der Waals surface area contributed by atoms with Gasteiger partial charge >= 0.3 is 6.18 Å². The van der Waals surface area contributed by atoms with Gasteiger partial charge in [0, 0.05) is 15.7 Å². The van der Waals surface area contributed by atoms with Crippen molar-refractivity contribution in [2.75, 3.05) is 4.90 Å². The summed E-state index contributed by atoms with van der Waals surface area (Å²) < 4.78 is 53.4. The van der Waals surface area contributed by atoms with Gasteiger partial charge < -0.3 is 5.11 Å². The molecule has 1 N–H and O–H groups in total. The van der Waals surface area contributed by atoms with E-state index >= 15 is 0 Å². The molecule has 3 aromatic carbocycles. The zero-order valence-electron chi connectivity index (χ0n) is 17.5. The fourth-order valence-corrected chi connectivity index (χ4v) is 4.06. The van der Waals surface area contributed by atoms with Crippen LogP contribution in [0.5, 0.6) is 0 Å². The molecule has 0 aromatic heterocycles. The number of hydrogen-bond donors (Lipinski definition) is 1. The van der Waals surface area contributed by atoms with Crippen LogP contribution >= 0.6 is 15.9 Å². The maximum absolute atomic E-state index is 13.6. The number of aryl methyl sites for hydroxylation is 1. The first-order valence-corrected chi connectivity index (χ1v) is 10.8. The number of aliphatic hydroxyl groups is 1. The molecule has 1 saturated heterocycles. The van der Waals surface area contributed by atoms with Crippen LogP contribution in [0.15, 0.2) is 76.8 Å².